The fraction of sp³-hybridized carbons (Fsp3) is 0.533. The Morgan fingerprint density at radius 2 is 2.30 bits per heavy atom. The lowest BCUT2D eigenvalue weighted by atomic mass is 10.0. The summed E-state index contributed by atoms with van der Waals surface area (Å²) < 4.78 is 18.4. The standard InChI is InChI=1S/C15H21FN2O2/c1-11-5-3-4-8-18(11)15(19)10-17-12-6-7-14(20-2)13(16)9-12/h6-7,9,11,17H,3-5,8,10H2,1-2H3. The topological polar surface area (TPSA) is 41.6 Å². The van der Waals surface area contributed by atoms with Gasteiger partial charge < -0.3 is 15.0 Å². The highest BCUT2D eigenvalue weighted by Crippen LogP contribution is 2.21. The third kappa shape index (κ3) is 3.40. The predicted molar refractivity (Wildman–Crippen MR) is 76.5 cm³/mol. The molecule has 1 atom stereocenters. The van der Waals surface area contributed by atoms with Crippen LogP contribution in [0.15, 0.2) is 18.2 Å². The van der Waals surface area contributed by atoms with E-state index >= 15 is 0 Å². The van der Waals surface area contributed by atoms with Crippen molar-refractivity contribution in [1.29, 1.82) is 0 Å². The van der Waals surface area contributed by atoms with Crippen LogP contribution >= 0.6 is 0 Å². The molecular weight excluding hydrogens is 259 g/mol. The van der Waals surface area contributed by atoms with Crippen molar-refractivity contribution in [2.45, 2.75) is 32.2 Å². The van der Waals surface area contributed by atoms with E-state index in [1.165, 1.54) is 19.6 Å². The number of hydrogen-bond acceptors (Lipinski definition) is 3. The molecule has 0 radical (unpaired) electrons. The largest absolute Gasteiger partial charge is 0.494 e. The van der Waals surface area contributed by atoms with E-state index in [1.54, 1.807) is 12.1 Å². The van der Waals surface area contributed by atoms with Gasteiger partial charge in [0.25, 0.3) is 0 Å². The van der Waals surface area contributed by atoms with Gasteiger partial charge in [0.2, 0.25) is 5.91 Å². The predicted octanol–water partition coefficient (Wildman–Crippen LogP) is 2.65. The third-order valence-corrected chi connectivity index (χ3v) is 3.72. The molecule has 20 heavy (non-hydrogen) atoms. The number of anilines is 1. The highest BCUT2D eigenvalue weighted by Gasteiger charge is 2.22. The second-order valence-electron chi connectivity index (χ2n) is 5.13. The van der Waals surface area contributed by atoms with Crippen LogP contribution in [-0.4, -0.2) is 37.0 Å². The highest BCUT2D eigenvalue weighted by atomic mass is 19.1. The minimum Gasteiger partial charge on any atom is -0.494 e. The van der Waals surface area contributed by atoms with Crippen LogP contribution in [0.5, 0.6) is 5.75 Å². The van der Waals surface area contributed by atoms with Crippen LogP contribution in [0, 0.1) is 5.82 Å². The number of rotatable bonds is 4. The minimum absolute atomic E-state index is 0.0634. The molecule has 0 aliphatic carbocycles. The number of likely N-dealkylation sites (tertiary alicyclic amines) is 1. The maximum absolute atomic E-state index is 13.5. The summed E-state index contributed by atoms with van der Waals surface area (Å²) in [7, 11) is 1.42. The summed E-state index contributed by atoms with van der Waals surface area (Å²) in [6.07, 6.45) is 3.30. The Hall–Kier alpha value is -1.78. The van der Waals surface area contributed by atoms with Crippen LogP contribution in [0.25, 0.3) is 0 Å². The molecule has 1 aromatic carbocycles. The number of benzene rings is 1. The van der Waals surface area contributed by atoms with E-state index in [0.717, 1.165) is 19.4 Å². The average molecular weight is 280 g/mol. The lowest BCUT2D eigenvalue weighted by molar-refractivity contribution is -0.132. The van der Waals surface area contributed by atoms with Gasteiger partial charge in [-0.15, -0.1) is 0 Å². The maximum atomic E-state index is 13.5. The number of hydrogen-bond donors (Lipinski definition) is 1. The molecule has 4 nitrogen and oxygen atoms in total. The molecule has 1 amide bonds. The molecule has 1 fully saturated rings. The molecule has 1 heterocycles. The molecule has 5 heteroatoms. The average Bonchev–Trinajstić information content (AvgIpc) is 2.45. The molecular formula is C15H21FN2O2. The maximum Gasteiger partial charge on any atom is 0.242 e. The molecule has 1 aliphatic rings. The van der Waals surface area contributed by atoms with E-state index in [1.807, 2.05) is 4.90 Å². The van der Waals surface area contributed by atoms with Crippen LogP contribution in [0.1, 0.15) is 26.2 Å². The van der Waals surface area contributed by atoms with Gasteiger partial charge in [-0.25, -0.2) is 4.39 Å². The molecule has 1 N–H and O–H groups in total. The Morgan fingerprint density at radius 1 is 1.50 bits per heavy atom. The summed E-state index contributed by atoms with van der Waals surface area (Å²) in [6, 6.07) is 4.89. The van der Waals surface area contributed by atoms with Crippen molar-refractivity contribution in [2.75, 3.05) is 25.5 Å². The van der Waals surface area contributed by atoms with Gasteiger partial charge in [-0.2, -0.15) is 0 Å². The first-order chi connectivity index (χ1) is 9.61. The number of nitrogens with one attached hydrogen (secondary N) is 1. The van der Waals surface area contributed by atoms with Gasteiger partial charge in [-0.3, -0.25) is 4.79 Å². The normalized spacial score (nSPS) is 18.8. The first-order valence-electron chi connectivity index (χ1n) is 6.98. The number of amides is 1. The summed E-state index contributed by atoms with van der Waals surface area (Å²) in [5.41, 5.74) is 0.585. The second-order valence-corrected chi connectivity index (χ2v) is 5.13. The summed E-state index contributed by atoms with van der Waals surface area (Å²) in [4.78, 5) is 14.0. The minimum atomic E-state index is -0.434. The van der Waals surface area contributed by atoms with Crippen molar-refractivity contribution < 1.29 is 13.9 Å². The summed E-state index contributed by atoms with van der Waals surface area (Å²) in [5, 5.41) is 2.97. The van der Waals surface area contributed by atoms with Crippen LogP contribution in [-0.2, 0) is 4.79 Å². The Labute approximate surface area is 118 Å². The van der Waals surface area contributed by atoms with E-state index < -0.39 is 5.82 Å². The summed E-state index contributed by atoms with van der Waals surface area (Å²) in [6.45, 7) is 3.08. The SMILES string of the molecule is COc1ccc(NCC(=O)N2CCCCC2C)cc1F. The summed E-state index contributed by atoms with van der Waals surface area (Å²) >= 11 is 0. The van der Waals surface area contributed by atoms with Gasteiger partial charge in [0.1, 0.15) is 0 Å². The Balaban J connectivity index is 1.91. The van der Waals surface area contributed by atoms with E-state index in [-0.39, 0.29) is 18.2 Å². The number of carbonyl (C=O) groups is 1. The first kappa shape index (κ1) is 14.6. The zero-order valence-electron chi connectivity index (χ0n) is 12.0. The van der Waals surface area contributed by atoms with Crippen LogP contribution < -0.4 is 10.1 Å². The molecule has 0 bridgehead atoms. The second kappa shape index (κ2) is 6.59. The fourth-order valence-corrected chi connectivity index (χ4v) is 2.52. The molecule has 0 spiro atoms. The molecule has 1 unspecified atom stereocenters. The fourth-order valence-electron chi connectivity index (χ4n) is 2.52. The number of halogens is 1. The van der Waals surface area contributed by atoms with Gasteiger partial charge in [-0.05, 0) is 38.3 Å². The van der Waals surface area contributed by atoms with Crippen LogP contribution in [0.3, 0.4) is 0 Å². The molecule has 0 aromatic heterocycles. The highest BCUT2D eigenvalue weighted by molar-refractivity contribution is 5.81. The molecule has 1 aliphatic heterocycles. The lowest BCUT2D eigenvalue weighted by Crippen LogP contribution is -2.44. The van der Waals surface area contributed by atoms with Gasteiger partial charge in [0.15, 0.2) is 11.6 Å². The Bertz CT molecular complexity index is 479. The van der Waals surface area contributed by atoms with Crippen molar-refractivity contribution >= 4 is 11.6 Å². The quantitative estimate of drug-likeness (QED) is 0.922. The lowest BCUT2D eigenvalue weighted by Gasteiger charge is -2.33. The number of methoxy groups -OCH3 is 1. The van der Waals surface area contributed by atoms with E-state index in [0.29, 0.717) is 11.7 Å². The monoisotopic (exact) mass is 280 g/mol. The number of carbonyl (C=O) groups excluding carboxylic acids is 1. The number of ether oxygens (including phenoxy) is 1. The number of piperidine rings is 1. The van der Waals surface area contributed by atoms with Gasteiger partial charge >= 0.3 is 0 Å². The molecule has 1 saturated heterocycles. The third-order valence-electron chi connectivity index (χ3n) is 3.72. The van der Waals surface area contributed by atoms with E-state index in [2.05, 4.69) is 12.2 Å². The Morgan fingerprint density at radius 3 is 2.95 bits per heavy atom. The molecule has 110 valence electrons. The Kier molecular flexibility index (Phi) is 4.82. The molecule has 2 rings (SSSR count). The molecule has 0 saturated carbocycles. The van der Waals surface area contributed by atoms with Crippen molar-refractivity contribution in [3.63, 3.8) is 0 Å². The number of nitrogens with zero attached hydrogens (tertiary/aromatic N) is 1. The smallest absolute Gasteiger partial charge is 0.242 e. The van der Waals surface area contributed by atoms with Crippen molar-refractivity contribution in [1.82, 2.24) is 4.90 Å². The van der Waals surface area contributed by atoms with Gasteiger partial charge in [0, 0.05) is 24.3 Å². The molecule has 1 aromatic rings. The van der Waals surface area contributed by atoms with Gasteiger partial charge in [-0.1, -0.05) is 0 Å². The van der Waals surface area contributed by atoms with Crippen molar-refractivity contribution in [3.05, 3.63) is 24.0 Å². The van der Waals surface area contributed by atoms with E-state index in [4.69, 9.17) is 4.74 Å². The van der Waals surface area contributed by atoms with Crippen LogP contribution in [0.4, 0.5) is 10.1 Å². The zero-order valence-corrected chi connectivity index (χ0v) is 12.0. The summed E-state index contributed by atoms with van der Waals surface area (Å²) in [5.74, 6) is -0.170. The van der Waals surface area contributed by atoms with Gasteiger partial charge in [0.05, 0.1) is 13.7 Å². The van der Waals surface area contributed by atoms with Crippen LogP contribution in [0.2, 0.25) is 0 Å². The van der Waals surface area contributed by atoms with Crippen molar-refractivity contribution in [3.8, 4) is 5.75 Å². The zero-order chi connectivity index (χ0) is 14.5. The van der Waals surface area contributed by atoms with Crippen molar-refractivity contribution in [2.24, 2.45) is 0 Å². The van der Waals surface area contributed by atoms with E-state index in [9.17, 15) is 9.18 Å². The first-order valence-corrected chi connectivity index (χ1v) is 6.98.